The number of rotatable bonds is 4. The molecule has 0 spiro atoms. The minimum absolute atomic E-state index is 0.0179. The summed E-state index contributed by atoms with van der Waals surface area (Å²) >= 11 is 5.78. The van der Waals surface area contributed by atoms with Gasteiger partial charge in [-0.2, -0.15) is 0 Å². The van der Waals surface area contributed by atoms with Gasteiger partial charge in [0.25, 0.3) is 11.8 Å². The maximum Gasteiger partial charge on any atom is 0.268 e. The topological polar surface area (TPSA) is 69.6 Å². The maximum atomic E-state index is 13.4. The number of amides is 2. The standard InChI is InChI=1S/C19H18ClFN2O3/c1-12-4-2-3-5-16(12)23-7-6-19(26,18(23)25)17(24)22-11-13-8-14(20)10-15(21)9-13/h2-5,8-10,26H,6-7,11H2,1H3,(H,22,24). The second-order valence-corrected chi connectivity index (χ2v) is 6.75. The van der Waals surface area contributed by atoms with Gasteiger partial charge in [-0.25, -0.2) is 4.39 Å². The molecule has 2 aromatic carbocycles. The number of halogens is 2. The average Bonchev–Trinajstić information content (AvgIpc) is 2.89. The van der Waals surface area contributed by atoms with Crippen LogP contribution in [0.3, 0.4) is 0 Å². The molecule has 1 aliphatic heterocycles. The van der Waals surface area contributed by atoms with E-state index >= 15 is 0 Å². The average molecular weight is 377 g/mol. The highest BCUT2D eigenvalue weighted by molar-refractivity contribution is 6.30. The van der Waals surface area contributed by atoms with Gasteiger partial charge >= 0.3 is 0 Å². The Morgan fingerprint density at radius 3 is 2.77 bits per heavy atom. The third-order valence-electron chi connectivity index (χ3n) is 4.45. The number of nitrogens with one attached hydrogen (secondary N) is 1. The number of nitrogens with zero attached hydrogens (tertiary/aromatic N) is 1. The zero-order valence-corrected chi connectivity index (χ0v) is 14.9. The molecular formula is C19H18ClFN2O3. The first-order chi connectivity index (χ1) is 12.3. The molecule has 1 fully saturated rings. The third kappa shape index (κ3) is 3.43. The molecule has 0 saturated carbocycles. The monoisotopic (exact) mass is 376 g/mol. The highest BCUT2D eigenvalue weighted by Crippen LogP contribution is 2.30. The Morgan fingerprint density at radius 2 is 2.08 bits per heavy atom. The summed E-state index contributed by atoms with van der Waals surface area (Å²) in [5.74, 6) is -2.00. The second-order valence-electron chi connectivity index (χ2n) is 6.31. The van der Waals surface area contributed by atoms with E-state index in [1.165, 1.54) is 17.0 Å². The van der Waals surface area contributed by atoms with E-state index in [9.17, 15) is 19.1 Å². The van der Waals surface area contributed by atoms with Crippen molar-refractivity contribution in [3.8, 4) is 0 Å². The molecule has 2 N–H and O–H groups in total. The Balaban J connectivity index is 1.73. The van der Waals surface area contributed by atoms with Crippen LogP contribution in [-0.4, -0.2) is 29.1 Å². The lowest BCUT2D eigenvalue weighted by atomic mass is 10.0. The minimum atomic E-state index is -2.14. The predicted molar refractivity (Wildman–Crippen MR) is 96.4 cm³/mol. The van der Waals surface area contributed by atoms with Crippen molar-refractivity contribution >= 4 is 29.1 Å². The van der Waals surface area contributed by atoms with E-state index < -0.39 is 23.2 Å². The van der Waals surface area contributed by atoms with E-state index in [0.717, 1.165) is 11.6 Å². The fourth-order valence-electron chi connectivity index (χ4n) is 3.05. The number of carbonyl (C=O) groups is 2. The van der Waals surface area contributed by atoms with Gasteiger partial charge in [0.15, 0.2) is 0 Å². The molecule has 0 radical (unpaired) electrons. The van der Waals surface area contributed by atoms with E-state index in [1.807, 2.05) is 19.1 Å². The first kappa shape index (κ1) is 18.4. The number of aliphatic hydroxyl groups is 1. The number of anilines is 1. The SMILES string of the molecule is Cc1ccccc1N1CCC(O)(C(=O)NCc2cc(F)cc(Cl)c2)C1=O. The van der Waals surface area contributed by atoms with Gasteiger partial charge in [-0.3, -0.25) is 9.59 Å². The van der Waals surface area contributed by atoms with Crippen molar-refractivity contribution < 1.29 is 19.1 Å². The fourth-order valence-corrected chi connectivity index (χ4v) is 3.30. The first-order valence-electron chi connectivity index (χ1n) is 8.14. The van der Waals surface area contributed by atoms with Crippen molar-refractivity contribution in [3.63, 3.8) is 0 Å². The van der Waals surface area contributed by atoms with Crippen molar-refractivity contribution in [2.75, 3.05) is 11.4 Å². The molecule has 0 aromatic heterocycles. The molecule has 0 bridgehead atoms. The van der Waals surface area contributed by atoms with Crippen LogP contribution >= 0.6 is 11.6 Å². The lowest BCUT2D eigenvalue weighted by Gasteiger charge is -2.22. The van der Waals surface area contributed by atoms with Crippen LogP contribution < -0.4 is 10.2 Å². The van der Waals surface area contributed by atoms with Gasteiger partial charge in [0.05, 0.1) is 0 Å². The molecule has 1 heterocycles. The van der Waals surface area contributed by atoms with Gasteiger partial charge in [0.1, 0.15) is 5.82 Å². The van der Waals surface area contributed by atoms with Gasteiger partial charge < -0.3 is 15.3 Å². The van der Waals surface area contributed by atoms with Gasteiger partial charge in [0, 0.05) is 30.2 Å². The number of carbonyl (C=O) groups excluding carboxylic acids is 2. The minimum Gasteiger partial charge on any atom is -0.372 e. The van der Waals surface area contributed by atoms with Crippen molar-refractivity contribution in [2.24, 2.45) is 0 Å². The number of benzene rings is 2. The van der Waals surface area contributed by atoms with E-state index in [4.69, 9.17) is 11.6 Å². The predicted octanol–water partition coefficient (Wildman–Crippen LogP) is 2.57. The molecule has 0 aliphatic carbocycles. The van der Waals surface area contributed by atoms with Gasteiger partial charge in [0.2, 0.25) is 5.60 Å². The summed E-state index contributed by atoms with van der Waals surface area (Å²) < 4.78 is 13.4. The second kappa shape index (κ2) is 7.05. The Morgan fingerprint density at radius 1 is 1.35 bits per heavy atom. The van der Waals surface area contributed by atoms with Gasteiger partial charge in [-0.1, -0.05) is 29.8 Å². The Kier molecular flexibility index (Phi) is 4.98. The summed E-state index contributed by atoms with van der Waals surface area (Å²) in [5, 5.41) is 13.3. The summed E-state index contributed by atoms with van der Waals surface area (Å²) in [6, 6.07) is 11.2. The molecule has 1 aliphatic rings. The number of aryl methyl sites for hydroxylation is 1. The zero-order chi connectivity index (χ0) is 18.9. The molecule has 2 amide bonds. The highest BCUT2D eigenvalue weighted by atomic mass is 35.5. The van der Waals surface area contributed by atoms with Crippen LogP contribution in [0.2, 0.25) is 5.02 Å². The number of hydrogen-bond acceptors (Lipinski definition) is 3. The zero-order valence-electron chi connectivity index (χ0n) is 14.1. The molecular weight excluding hydrogens is 359 g/mol. The maximum absolute atomic E-state index is 13.4. The van der Waals surface area contributed by atoms with Crippen LogP contribution in [0.4, 0.5) is 10.1 Å². The number of hydrogen-bond donors (Lipinski definition) is 2. The van der Waals surface area contributed by atoms with Crippen LogP contribution in [0, 0.1) is 12.7 Å². The van der Waals surface area contributed by atoms with Crippen molar-refractivity contribution in [1.29, 1.82) is 0 Å². The molecule has 7 heteroatoms. The van der Waals surface area contributed by atoms with E-state index in [2.05, 4.69) is 5.32 Å². The molecule has 1 saturated heterocycles. The molecule has 136 valence electrons. The third-order valence-corrected chi connectivity index (χ3v) is 4.67. The van der Waals surface area contributed by atoms with Crippen molar-refractivity contribution in [2.45, 2.75) is 25.5 Å². The van der Waals surface area contributed by atoms with Crippen LogP contribution in [0.1, 0.15) is 17.5 Å². The van der Waals surface area contributed by atoms with E-state index in [1.54, 1.807) is 12.1 Å². The molecule has 3 rings (SSSR count). The van der Waals surface area contributed by atoms with Crippen LogP contribution in [0.15, 0.2) is 42.5 Å². The van der Waals surface area contributed by atoms with Crippen molar-refractivity contribution in [3.05, 3.63) is 64.4 Å². The number of para-hydroxylation sites is 1. The van der Waals surface area contributed by atoms with Crippen LogP contribution in [-0.2, 0) is 16.1 Å². The van der Waals surface area contributed by atoms with Crippen LogP contribution in [0.5, 0.6) is 0 Å². The first-order valence-corrected chi connectivity index (χ1v) is 8.52. The quantitative estimate of drug-likeness (QED) is 0.806. The largest absolute Gasteiger partial charge is 0.372 e. The summed E-state index contributed by atoms with van der Waals surface area (Å²) in [5.41, 5.74) is -0.162. The van der Waals surface area contributed by atoms with E-state index in [0.29, 0.717) is 11.3 Å². The lowest BCUT2D eigenvalue weighted by Crippen LogP contribution is -2.52. The normalized spacial score (nSPS) is 19.7. The van der Waals surface area contributed by atoms with Gasteiger partial charge in [-0.15, -0.1) is 0 Å². The Bertz CT molecular complexity index is 853. The van der Waals surface area contributed by atoms with Crippen molar-refractivity contribution in [1.82, 2.24) is 5.32 Å². The van der Waals surface area contributed by atoms with Crippen LogP contribution in [0.25, 0.3) is 0 Å². The summed E-state index contributed by atoms with van der Waals surface area (Å²) in [6.07, 6.45) is -0.0179. The molecule has 1 unspecified atom stereocenters. The highest BCUT2D eigenvalue weighted by Gasteiger charge is 2.51. The smallest absolute Gasteiger partial charge is 0.268 e. The lowest BCUT2D eigenvalue weighted by molar-refractivity contribution is -0.149. The fraction of sp³-hybridized carbons (Fsp3) is 0.263. The summed E-state index contributed by atoms with van der Waals surface area (Å²) in [7, 11) is 0. The summed E-state index contributed by atoms with van der Waals surface area (Å²) in [6.45, 7) is 2.05. The Labute approximate surface area is 155 Å². The molecule has 5 nitrogen and oxygen atoms in total. The molecule has 2 aromatic rings. The van der Waals surface area contributed by atoms with E-state index in [-0.39, 0.29) is 24.5 Å². The summed E-state index contributed by atoms with van der Waals surface area (Å²) in [4.78, 5) is 26.5. The Hall–Kier alpha value is -2.44. The van der Waals surface area contributed by atoms with Gasteiger partial charge in [-0.05, 0) is 42.3 Å². The molecule has 26 heavy (non-hydrogen) atoms. The molecule has 1 atom stereocenters.